The van der Waals surface area contributed by atoms with Gasteiger partial charge >= 0.3 is 5.97 Å². The second kappa shape index (κ2) is 13.3. The number of anilines is 1. The van der Waals surface area contributed by atoms with Crippen LogP contribution in [0.2, 0.25) is 5.02 Å². The fraction of sp³-hybridized carbons (Fsp3) is 0.172. The zero-order chi connectivity index (χ0) is 29.5. The number of methoxy groups -OCH3 is 1. The van der Waals surface area contributed by atoms with E-state index in [0.717, 1.165) is 10.5 Å². The number of halogens is 2. The van der Waals surface area contributed by atoms with Gasteiger partial charge in [0, 0.05) is 5.69 Å². The van der Waals surface area contributed by atoms with Crippen LogP contribution in [0.15, 0.2) is 65.6 Å². The number of ether oxygens (including phenoxy) is 3. The zero-order valence-electron chi connectivity index (χ0n) is 21.9. The number of thioether (sulfide) groups is 1. The minimum atomic E-state index is -0.679. The summed E-state index contributed by atoms with van der Waals surface area (Å²) in [6.45, 7) is 1.84. The number of esters is 1. The van der Waals surface area contributed by atoms with Crippen molar-refractivity contribution in [3.8, 4) is 11.5 Å². The van der Waals surface area contributed by atoms with E-state index in [-0.39, 0.29) is 33.6 Å². The van der Waals surface area contributed by atoms with Gasteiger partial charge in [-0.2, -0.15) is 0 Å². The molecule has 0 saturated carbocycles. The molecule has 3 aromatic carbocycles. The number of nitrogens with one attached hydrogen (secondary N) is 1. The Morgan fingerprint density at radius 1 is 1.02 bits per heavy atom. The molecular formula is C29H24ClFN2O7S. The molecule has 4 rings (SSSR count). The molecule has 3 amide bonds. The largest absolute Gasteiger partial charge is 0.490 e. The smallest absolute Gasteiger partial charge is 0.339 e. The number of carbonyl (C=O) groups excluding carboxylic acids is 4. The standard InChI is InChI=1S/C29H24ClFN2O7S/c1-3-39-24-12-18(6-11-23(24)40-16-17-4-7-19(31)8-5-17)13-25-27(35)33(29(37)41-25)15-26(34)32-20-9-10-22(30)21(14-20)28(36)38-2/h4-14H,3,15-16H2,1-2H3,(H,32,34)/b25-13-. The normalized spacial score (nSPS) is 13.9. The van der Waals surface area contributed by atoms with E-state index in [2.05, 4.69) is 10.1 Å². The van der Waals surface area contributed by atoms with E-state index in [1.807, 2.05) is 6.92 Å². The molecule has 12 heteroatoms. The number of hydrogen-bond donors (Lipinski definition) is 1. The third-order valence-corrected chi connectivity index (χ3v) is 6.94. The maximum Gasteiger partial charge on any atom is 0.339 e. The van der Waals surface area contributed by atoms with Crippen molar-refractivity contribution in [2.75, 3.05) is 25.6 Å². The van der Waals surface area contributed by atoms with Crippen LogP contribution in [0.5, 0.6) is 11.5 Å². The van der Waals surface area contributed by atoms with E-state index in [1.165, 1.54) is 43.5 Å². The Morgan fingerprint density at radius 2 is 1.78 bits per heavy atom. The van der Waals surface area contributed by atoms with Crippen molar-refractivity contribution in [1.29, 1.82) is 0 Å². The average Bonchev–Trinajstić information content (AvgIpc) is 3.21. The van der Waals surface area contributed by atoms with Gasteiger partial charge in [0.25, 0.3) is 11.1 Å². The maximum absolute atomic E-state index is 13.2. The van der Waals surface area contributed by atoms with Gasteiger partial charge in [0.2, 0.25) is 5.91 Å². The topological polar surface area (TPSA) is 111 Å². The second-order valence-corrected chi connectivity index (χ2v) is 9.96. The number of amides is 3. The Hall–Kier alpha value is -4.35. The average molecular weight is 599 g/mol. The van der Waals surface area contributed by atoms with Crippen LogP contribution >= 0.6 is 23.4 Å². The third-order valence-electron chi connectivity index (χ3n) is 5.70. The van der Waals surface area contributed by atoms with Gasteiger partial charge in [-0.15, -0.1) is 0 Å². The van der Waals surface area contributed by atoms with Gasteiger partial charge in [-0.25, -0.2) is 9.18 Å². The number of benzene rings is 3. The first kappa shape index (κ1) is 29.6. The molecule has 1 saturated heterocycles. The molecule has 9 nitrogen and oxygen atoms in total. The molecule has 1 heterocycles. The highest BCUT2D eigenvalue weighted by atomic mass is 35.5. The molecule has 3 aromatic rings. The van der Waals surface area contributed by atoms with Gasteiger partial charge in [0.05, 0.1) is 29.2 Å². The maximum atomic E-state index is 13.2. The van der Waals surface area contributed by atoms with Gasteiger partial charge < -0.3 is 19.5 Å². The first-order valence-corrected chi connectivity index (χ1v) is 13.4. The van der Waals surface area contributed by atoms with Crippen molar-refractivity contribution < 1.29 is 37.8 Å². The SMILES string of the molecule is CCOc1cc(/C=C2\SC(=O)N(CC(=O)Nc3ccc(Cl)c(C(=O)OC)c3)C2=O)ccc1OCc1ccc(F)cc1. The van der Waals surface area contributed by atoms with Crippen LogP contribution < -0.4 is 14.8 Å². The lowest BCUT2D eigenvalue weighted by atomic mass is 10.1. The third kappa shape index (κ3) is 7.44. The first-order chi connectivity index (χ1) is 19.7. The molecule has 0 bridgehead atoms. The number of carbonyl (C=O) groups is 4. The van der Waals surface area contributed by atoms with Gasteiger partial charge in [-0.3, -0.25) is 19.3 Å². The Kier molecular flexibility index (Phi) is 9.64. The van der Waals surface area contributed by atoms with Crippen LogP contribution in [0.1, 0.15) is 28.4 Å². The highest BCUT2D eigenvalue weighted by Gasteiger charge is 2.36. The number of imide groups is 1. The summed E-state index contributed by atoms with van der Waals surface area (Å²) in [4.78, 5) is 51.0. The molecule has 212 valence electrons. The van der Waals surface area contributed by atoms with Crippen molar-refractivity contribution in [1.82, 2.24) is 4.90 Å². The molecule has 0 spiro atoms. The molecule has 0 atom stereocenters. The van der Waals surface area contributed by atoms with E-state index in [1.54, 1.807) is 30.3 Å². The number of rotatable bonds is 10. The van der Waals surface area contributed by atoms with E-state index in [0.29, 0.717) is 35.4 Å². The van der Waals surface area contributed by atoms with Crippen molar-refractivity contribution in [3.63, 3.8) is 0 Å². The molecule has 1 aliphatic rings. The lowest BCUT2D eigenvalue weighted by molar-refractivity contribution is -0.127. The van der Waals surface area contributed by atoms with Gasteiger partial charge in [0.1, 0.15) is 19.0 Å². The summed E-state index contributed by atoms with van der Waals surface area (Å²) in [7, 11) is 1.20. The molecule has 0 aromatic heterocycles. The fourth-order valence-electron chi connectivity index (χ4n) is 3.74. The highest BCUT2D eigenvalue weighted by molar-refractivity contribution is 8.18. The molecule has 0 radical (unpaired) electrons. The minimum Gasteiger partial charge on any atom is -0.490 e. The number of hydrogen-bond acceptors (Lipinski definition) is 8. The lowest BCUT2D eigenvalue weighted by Crippen LogP contribution is -2.36. The summed E-state index contributed by atoms with van der Waals surface area (Å²) in [5.41, 5.74) is 1.65. The predicted octanol–water partition coefficient (Wildman–Crippen LogP) is 5.92. The van der Waals surface area contributed by atoms with Crippen LogP contribution in [-0.2, 0) is 20.9 Å². The van der Waals surface area contributed by atoms with Crippen molar-refractivity contribution in [2.45, 2.75) is 13.5 Å². The van der Waals surface area contributed by atoms with Gasteiger partial charge in [0.15, 0.2) is 11.5 Å². The Balaban J connectivity index is 1.44. The Morgan fingerprint density at radius 3 is 2.49 bits per heavy atom. The zero-order valence-corrected chi connectivity index (χ0v) is 23.5. The predicted molar refractivity (Wildman–Crippen MR) is 152 cm³/mol. The van der Waals surface area contributed by atoms with Crippen molar-refractivity contribution >= 4 is 58.1 Å². The first-order valence-electron chi connectivity index (χ1n) is 12.3. The summed E-state index contributed by atoms with van der Waals surface area (Å²) in [5, 5.41) is 2.09. The van der Waals surface area contributed by atoms with Gasteiger partial charge in [-0.05, 0) is 78.4 Å². The fourth-order valence-corrected chi connectivity index (χ4v) is 4.78. The van der Waals surface area contributed by atoms with E-state index in [9.17, 15) is 23.6 Å². The summed E-state index contributed by atoms with van der Waals surface area (Å²) in [6, 6.07) is 15.2. The van der Waals surface area contributed by atoms with Crippen molar-refractivity contribution in [3.05, 3.63) is 93.1 Å². The van der Waals surface area contributed by atoms with E-state index >= 15 is 0 Å². The molecule has 1 N–H and O–H groups in total. The summed E-state index contributed by atoms with van der Waals surface area (Å²) < 4.78 is 29.4. The molecule has 0 unspecified atom stereocenters. The van der Waals surface area contributed by atoms with Crippen LogP contribution in [0.25, 0.3) is 6.08 Å². The van der Waals surface area contributed by atoms with Crippen molar-refractivity contribution in [2.24, 2.45) is 0 Å². The Labute approximate surface area is 244 Å². The highest BCUT2D eigenvalue weighted by Crippen LogP contribution is 2.35. The molecule has 41 heavy (non-hydrogen) atoms. The second-order valence-electron chi connectivity index (χ2n) is 8.56. The number of nitrogens with zero attached hydrogens (tertiary/aromatic N) is 1. The Bertz CT molecular complexity index is 1530. The van der Waals surface area contributed by atoms with Crippen LogP contribution in [0.4, 0.5) is 14.9 Å². The quantitative estimate of drug-likeness (QED) is 0.226. The van der Waals surface area contributed by atoms with E-state index < -0.39 is 29.6 Å². The van der Waals surface area contributed by atoms with E-state index in [4.69, 9.17) is 21.1 Å². The summed E-state index contributed by atoms with van der Waals surface area (Å²) >= 11 is 6.71. The molecule has 1 aliphatic heterocycles. The molecule has 1 fully saturated rings. The lowest BCUT2D eigenvalue weighted by Gasteiger charge is -2.13. The monoisotopic (exact) mass is 598 g/mol. The molecular weight excluding hydrogens is 575 g/mol. The summed E-state index contributed by atoms with van der Waals surface area (Å²) in [5.74, 6) is -1.41. The molecule has 0 aliphatic carbocycles. The van der Waals surface area contributed by atoms with Crippen LogP contribution in [0.3, 0.4) is 0 Å². The summed E-state index contributed by atoms with van der Waals surface area (Å²) in [6.07, 6.45) is 1.52. The van der Waals surface area contributed by atoms with Crippen LogP contribution in [-0.4, -0.2) is 48.2 Å². The minimum absolute atomic E-state index is 0.0550. The van der Waals surface area contributed by atoms with Gasteiger partial charge in [-0.1, -0.05) is 29.8 Å². The van der Waals surface area contributed by atoms with Crippen LogP contribution in [0, 0.1) is 5.82 Å².